The fraction of sp³-hybridized carbons (Fsp3) is 0.714. The molecule has 0 fully saturated rings. The molecule has 0 aliphatic rings. The molecule has 0 bridgehead atoms. The van der Waals surface area contributed by atoms with E-state index in [-0.39, 0.29) is 0 Å². The first-order valence-corrected chi connectivity index (χ1v) is 3.14. The van der Waals surface area contributed by atoms with Crippen LogP contribution >= 0.6 is 0 Å². The molecule has 0 amide bonds. The van der Waals surface area contributed by atoms with Crippen LogP contribution in [0.25, 0.3) is 0 Å². The van der Waals surface area contributed by atoms with Gasteiger partial charge in [0.15, 0.2) is 0 Å². The minimum atomic E-state index is 0.424. The minimum absolute atomic E-state index is 0.424. The molecule has 0 atom stereocenters. The third-order valence-electron chi connectivity index (χ3n) is 1.12. The molecular weight excluding hydrogens is 114 g/mol. The third kappa shape index (κ3) is 3.27. The van der Waals surface area contributed by atoms with E-state index in [0.717, 1.165) is 6.54 Å². The molecule has 0 unspecified atom stereocenters. The summed E-state index contributed by atoms with van der Waals surface area (Å²) in [6.45, 7) is 8.55. The van der Waals surface area contributed by atoms with Gasteiger partial charge < -0.3 is 4.84 Å². The summed E-state index contributed by atoms with van der Waals surface area (Å²) in [7, 11) is 1.67. The zero-order valence-corrected chi connectivity index (χ0v) is 6.42. The van der Waals surface area contributed by atoms with E-state index in [9.17, 15) is 0 Å². The highest BCUT2D eigenvalue weighted by molar-refractivity contribution is 4.70. The second-order valence-electron chi connectivity index (χ2n) is 2.16. The SMILES string of the molecule is C=CCN(OC)C(C)C. The molecule has 54 valence electrons. The van der Waals surface area contributed by atoms with Gasteiger partial charge in [-0.1, -0.05) is 6.08 Å². The van der Waals surface area contributed by atoms with Crippen LogP contribution in [0.4, 0.5) is 0 Å². The second kappa shape index (κ2) is 4.53. The topological polar surface area (TPSA) is 12.5 Å². The Kier molecular flexibility index (Phi) is 4.36. The van der Waals surface area contributed by atoms with Gasteiger partial charge in [0.05, 0.1) is 7.11 Å². The van der Waals surface area contributed by atoms with Crippen molar-refractivity contribution in [3.8, 4) is 0 Å². The molecule has 0 saturated heterocycles. The second-order valence-corrected chi connectivity index (χ2v) is 2.16. The quantitative estimate of drug-likeness (QED) is 0.420. The lowest BCUT2D eigenvalue weighted by Gasteiger charge is -2.21. The Morgan fingerprint density at radius 3 is 2.33 bits per heavy atom. The van der Waals surface area contributed by atoms with Crippen molar-refractivity contribution in [2.75, 3.05) is 13.7 Å². The molecule has 0 heterocycles. The summed E-state index contributed by atoms with van der Waals surface area (Å²) in [6, 6.07) is 0.424. The van der Waals surface area contributed by atoms with E-state index in [4.69, 9.17) is 4.84 Å². The van der Waals surface area contributed by atoms with Crippen LogP contribution in [0.5, 0.6) is 0 Å². The largest absolute Gasteiger partial charge is 0.302 e. The van der Waals surface area contributed by atoms with Gasteiger partial charge >= 0.3 is 0 Å². The van der Waals surface area contributed by atoms with E-state index in [0.29, 0.717) is 6.04 Å². The van der Waals surface area contributed by atoms with Gasteiger partial charge in [-0.2, -0.15) is 5.06 Å². The first-order valence-electron chi connectivity index (χ1n) is 3.14. The van der Waals surface area contributed by atoms with E-state index in [1.54, 1.807) is 7.11 Å². The van der Waals surface area contributed by atoms with Crippen molar-refractivity contribution in [3.05, 3.63) is 12.7 Å². The van der Waals surface area contributed by atoms with E-state index in [2.05, 4.69) is 20.4 Å². The molecule has 2 nitrogen and oxygen atoms in total. The van der Waals surface area contributed by atoms with Crippen LogP contribution in [-0.2, 0) is 4.84 Å². The van der Waals surface area contributed by atoms with Crippen LogP contribution in [0.15, 0.2) is 12.7 Å². The monoisotopic (exact) mass is 129 g/mol. The van der Waals surface area contributed by atoms with Crippen molar-refractivity contribution in [1.82, 2.24) is 5.06 Å². The highest BCUT2D eigenvalue weighted by Gasteiger charge is 2.03. The summed E-state index contributed by atoms with van der Waals surface area (Å²) in [5.41, 5.74) is 0. The van der Waals surface area contributed by atoms with Gasteiger partial charge in [0.25, 0.3) is 0 Å². The van der Waals surface area contributed by atoms with Crippen molar-refractivity contribution in [2.24, 2.45) is 0 Å². The van der Waals surface area contributed by atoms with Crippen LogP contribution in [0.3, 0.4) is 0 Å². The molecule has 0 radical (unpaired) electrons. The van der Waals surface area contributed by atoms with Gasteiger partial charge in [-0.25, -0.2) is 0 Å². The summed E-state index contributed by atoms with van der Waals surface area (Å²) in [6.07, 6.45) is 1.82. The van der Waals surface area contributed by atoms with E-state index in [1.807, 2.05) is 11.1 Å². The lowest BCUT2D eigenvalue weighted by Crippen LogP contribution is -2.29. The van der Waals surface area contributed by atoms with Crippen LogP contribution in [-0.4, -0.2) is 24.8 Å². The molecule has 0 aromatic rings. The van der Waals surface area contributed by atoms with Crippen LogP contribution < -0.4 is 0 Å². The van der Waals surface area contributed by atoms with Crippen molar-refractivity contribution < 1.29 is 4.84 Å². The van der Waals surface area contributed by atoms with Crippen LogP contribution in [0, 0.1) is 0 Å². The molecule has 0 N–H and O–H groups in total. The average molecular weight is 129 g/mol. The number of hydroxylamine groups is 2. The van der Waals surface area contributed by atoms with Crippen molar-refractivity contribution in [3.63, 3.8) is 0 Å². The Hall–Kier alpha value is -0.340. The molecular formula is C7H15NO. The summed E-state index contributed by atoms with van der Waals surface area (Å²) < 4.78 is 0. The average Bonchev–Trinajstić information content (AvgIpc) is 1.82. The maximum absolute atomic E-state index is 5.01. The summed E-state index contributed by atoms with van der Waals surface area (Å²) in [4.78, 5) is 5.01. The predicted octanol–water partition coefficient (Wildman–Crippen LogP) is 1.44. The van der Waals surface area contributed by atoms with Crippen molar-refractivity contribution in [2.45, 2.75) is 19.9 Å². The highest BCUT2D eigenvalue weighted by Crippen LogP contribution is 1.95. The Morgan fingerprint density at radius 2 is 2.22 bits per heavy atom. The Morgan fingerprint density at radius 1 is 1.67 bits per heavy atom. The number of nitrogens with zero attached hydrogens (tertiary/aromatic N) is 1. The van der Waals surface area contributed by atoms with Gasteiger partial charge in [-0.05, 0) is 13.8 Å². The molecule has 0 spiro atoms. The fourth-order valence-corrected chi connectivity index (χ4v) is 0.623. The van der Waals surface area contributed by atoms with Gasteiger partial charge in [-0.3, -0.25) is 0 Å². The zero-order valence-electron chi connectivity index (χ0n) is 6.42. The third-order valence-corrected chi connectivity index (χ3v) is 1.12. The lowest BCUT2D eigenvalue weighted by molar-refractivity contribution is -0.144. The van der Waals surface area contributed by atoms with Gasteiger partial charge in [0, 0.05) is 12.6 Å². The lowest BCUT2D eigenvalue weighted by atomic mass is 10.4. The van der Waals surface area contributed by atoms with Gasteiger partial charge in [0.1, 0.15) is 0 Å². The van der Waals surface area contributed by atoms with Crippen LogP contribution in [0.1, 0.15) is 13.8 Å². The Bertz CT molecular complexity index is 81.0. The Labute approximate surface area is 57.1 Å². The number of hydrogen-bond donors (Lipinski definition) is 0. The first-order chi connectivity index (χ1) is 4.22. The molecule has 9 heavy (non-hydrogen) atoms. The maximum Gasteiger partial charge on any atom is 0.0575 e. The van der Waals surface area contributed by atoms with Gasteiger partial charge in [0.2, 0.25) is 0 Å². The molecule has 0 aliphatic carbocycles. The zero-order chi connectivity index (χ0) is 7.28. The highest BCUT2D eigenvalue weighted by atomic mass is 16.7. The maximum atomic E-state index is 5.01. The molecule has 0 saturated carbocycles. The smallest absolute Gasteiger partial charge is 0.0575 e. The normalized spacial score (nSPS) is 10.8. The number of rotatable bonds is 4. The summed E-state index contributed by atoms with van der Waals surface area (Å²) in [5, 5.41) is 1.85. The molecule has 0 rings (SSSR count). The molecule has 0 aromatic heterocycles. The Balaban J connectivity index is 3.53. The first kappa shape index (κ1) is 8.66. The van der Waals surface area contributed by atoms with E-state index in [1.165, 1.54) is 0 Å². The van der Waals surface area contributed by atoms with E-state index < -0.39 is 0 Å². The van der Waals surface area contributed by atoms with Crippen molar-refractivity contribution in [1.29, 1.82) is 0 Å². The summed E-state index contributed by atoms with van der Waals surface area (Å²) >= 11 is 0. The standard InChI is InChI=1S/C7H15NO/c1-5-6-8(9-4)7(2)3/h5,7H,1,6H2,2-4H3. The molecule has 0 aliphatic heterocycles. The van der Waals surface area contributed by atoms with E-state index >= 15 is 0 Å². The van der Waals surface area contributed by atoms with Crippen molar-refractivity contribution >= 4 is 0 Å². The molecule has 0 aromatic carbocycles. The molecule has 2 heteroatoms. The number of hydrogen-bond acceptors (Lipinski definition) is 2. The summed E-state index contributed by atoms with van der Waals surface area (Å²) in [5.74, 6) is 0. The minimum Gasteiger partial charge on any atom is -0.302 e. The predicted molar refractivity (Wildman–Crippen MR) is 39.0 cm³/mol. The fourth-order valence-electron chi connectivity index (χ4n) is 0.623. The van der Waals surface area contributed by atoms with Gasteiger partial charge in [-0.15, -0.1) is 6.58 Å². The van der Waals surface area contributed by atoms with Crippen LogP contribution in [0.2, 0.25) is 0 Å².